The quantitative estimate of drug-likeness (QED) is 0.822. The molecule has 80 valence electrons. The second kappa shape index (κ2) is 5.15. The van der Waals surface area contributed by atoms with E-state index in [4.69, 9.17) is 5.26 Å². The summed E-state index contributed by atoms with van der Waals surface area (Å²) < 4.78 is 0. The van der Waals surface area contributed by atoms with Crippen molar-refractivity contribution in [3.05, 3.63) is 46.9 Å². The number of nitrogens with one attached hydrogen (secondary N) is 1. The summed E-state index contributed by atoms with van der Waals surface area (Å²) in [5, 5.41) is 13.3. The van der Waals surface area contributed by atoms with E-state index in [-0.39, 0.29) is 0 Å². The molecule has 0 bridgehead atoms. The molecule has 0 radical (unpaired) electrons. The Balaban J connectivity index is 2.28. The zero-order valence-electron chi connectivity index (χ0n) is 8.56. The van der Waals surface area contributed by atoms with E-state index in [1.165, 1.54) is 11.8 Å². The molecule has 0 atom stereocenters. The average Bonchev–Trinajstić information content (AvgIpc) is 2.35. The molecular weight excluding hydrogens is 236 g/mol. The molecule has 2 rings (SSSR count). The Labute approximate surface area is 103 Å². The molecule has 1 N–H and O–H groups in total. The van der Waals surface area contributed by atoms with Gasteiger partial charge >= 0.3 is 0 Å². The van der Waals surface area contributed by atoms with Crippen LogP contribution in [-0.2, 0) is 0 Å². The predicted octanol–water partition coefficient (Wildman–Crippen LogP) is 3.82. The summed E-state index contributed by atoms with van der Waals surface area (Å²) in [5.74, 6) is 0.802. The SMILES string of the molecule is C=CCSC1=C(C#N)Sc2ccccc2N1. The summed E-state index contributed by atoms with van der Waals surface area (Å²) in [6.07, 6.45) is 1.83. The normalized spacial score (nSPS) is 13.7. The van der Waals surface area contributed by atoms with Crippen LogP contribution in [0.15, 0.2) is 51.8 Å². The van der Waals surface area contributed by atoms with Crippen LogP contribution < -0.4 is 5.32 Å². The lowest BCUT2D eigenvalue weighted by molar-refractivity contribution is 1.38. The number of allylic oxidation sites excluding steroid dienone is 1. The standard InChI is InChI=1S/C12H10N2S2/c1-2-7-15-12-11(8-13)16-10-6-4-3-5-9(10)14-12/h2-6,14H,1,7H2. The number of nitrogens with zero attached hydrogens (tertiary/aromatic N) is 1. The number of fused-ring (bicyclic) bond motifs is 1. The van der Waals surface area contributed by atoms with Gasteiger partial charge in [0.05, 0.1) is 10.7 Å². The van der Waals surface area contributed by atoms with Crippen molar-refractivity contribution in [3.63, 3.8) is 0 Å². The van der Waals surface area contributed by atoms with Crippen molar-refractivity contribution in [2.45, 2.75) is 4.90 Å². The van der Waals surface area contributed by atoms with Crippen LogP contribution in [0.4, 0.5) is 5.69 Å². The predicted molar refractivity (Wildman–Crippen MR) is 71.2 cm³/mol. The van der Waals surface area contributed by atoms with Crippen LogP contribution in [0, 0.1) is 11.3 Å². The lowest BCUT2D eigenvalue weighted by Crippen LogP contribution is -2.04. The fourth-order valence-corrected chi connectivity index (χ4v) is 3.04. The smallest absolute Gasteiger partial charge is 0.120 e. The molecule has 0 aromatic heterocycles. The molecule has 1 aliphatic heterocycles. The van der Waals surface area contributed by atoms with E-state index in [0.717, 1.165) is 26.3 Å². The molecule has 0 fully saturated rings. The van der Waals surface area contributed by atoms with E-state index in [1.54, 1.807) is 11.8 Å². The Bertz CT molecular complexity index is 486. The Hall–Kier alpha value is -1.31. The third kappa shape index (κ3) is 2.26. The van der Waals surface area contributed by atoms with Gasteiger partial charge in [0.25, 0.3) is 0 Å². The van der Waals surface area contributed by atoms with E-state index < -0.39 is 0 Å². The highest BCUT2D eigenvalue weighted by Gasteiger charge is 2.17. The monoisotopic (exact) mass is 246 g/mol. The van der Waals surface area contributed by atoms with Crippen molar-refractivity contribution < 1.29 is 0 Å². The first-order valence-corrected chi connectivity index (χ1v) is 6.57. The van der Waals surface area contributed by atoms with E-state index in [0.29, 0.717) is 0 Å². The Morgan fingerprint density at radius 2 is 2.31 bits per heavy atom. The van der Waals surface area contributed by atoms with Gasteiger partial charge in [-0.2, -0.15) is 5.26 Å². The highest BCUT2D eigenvalue weighted by molar-refractivity contribution is 8.07. The fraction of sp³-hybridized carbons (Fsp3) is 0.0833. The van der Waals surface area contributed by atoms with Crippen LogP contribution in [0.3, 0.4) is 0 Å². The number of nitriles is 1. The minimum absolute atomic E-state index is 0.727. The number of anilines is 1. The maximum Gasteiger partial charge on any atom is 0.120 e. The second-order valence-electron chi connectivity index (χ2n) is 3.09. The van der Waals surface area contributed by atoms with E-state index in [1.807, 2.05) is 30.3 Å². The van der Waals surface area contributed by atoms with Gasteiger partial charge in [-0.3, -0.25) is 0 Å². The fourth-order valence-electron chi connectivity index (χ4n) is 1.31. The number of benzene rings is 1. The number of thioether (sulfide) groups is 2. The number of rotatable bonds is 3. The maximum atomic E-state index is 9.08. The number of hydrogen-bond donors (Lipinski definition) is 1. The number of para-hydroxylation sites is 1. The summed E-state index contributed by atoms with van der Waals surface area (Å²) in [6.45, 7) is 3.68. The second-order valence-corrected chi connectivity index (χ2v) is 5.18. The van der Waals surface area contributed by atoms with Crippen LogP contribution in [0.5, 0.6) is 0 Å². The third-order valence-electron chi connectivity index (χ3n) is 2.00. The van der Waals surface area contributed by atoms with Crippen molar-refractivity contribution in [1.29, 1.82) is 5.26 Å². The van der Waals surface area contributed by atoms with Crippen LogP contribution in [0.25, 0.3) is 0 Å². The van der Waals surface area contributed by atoms with Gasteiger partial charge in [-0.1, -0.05) is 30.0 Å². The topological polar surface area (TPSA) is 35.8 Å². The van der Waals surface area contributed by atoms with Crippen LogP contribution in [0.2, 0.25) is 0 Å². The lowest BCUT2D eigenvalue weighted by atomic mass is 10.3. The molecule has 0 amide bonds. The summed E-state index contributed by atoms with van der Waals surface area (Å²) in [7, 11) is 0. The third-order valence-corrected chi connectivity index (χ3v) is 4.20. The van der Waals surface area contributed by atoms with Gasteiger partial charge in [-0.25, -0.2) is 0 Å². The summed E-state index contributed by atoms with van der Waals surface area (Å²) in [5.41, 5.74) is 1.07. The molecule has 1 aromatic carbocycles. The van der Waals surface area contributed by atoms with Crippen LogP contribution >= 0.6 is 23.5 Å². The first-order chi connectivity index (χ1) is 7.85. The maximum absolute atomic E-state index is 9.08. The minimum Gasteiger partial charge on any atom is -0.348 e. The van der Waals surface area contributed by atoms with Crippen molar-refractivity contribution in [2.24, 2.45) is 0 Å². The lowest BCUT2D eigenvalue weighted by Gasteiger charge is -2.19. The first-order valence-electron chi connectivity index (χ1n) is 4.77. The molecule has 0 aliphatic carbocycles. The summed E-state index contributed by atoms with van der Waals surface area (Å²) in [4.78, 5) is 1.83. The molecule has 4 heteroatoms. The van der Waals surface area contributed by atoms with Crippen LogP contribution in [-0.4, -0.2) is 5.75 Å². The zero-order chi connectivity index (χ0) is 11.4. The van der Waals surface area contributed by atoms with Crippen LogP contribution in [0.1, 0.15) is 0 Å². The van der Waals surface area contributed by atoms with Gasteiger partial charge in [0, 0.05) is 10.6 Å². The van der Waals surface area contributed by atoms with Gasteiger partial charge in [0.2, 0.25) is 0 Å². The summed E-state index contributed by atoms with van der Waals surface area (Å²) in [6, 6.07) is 10.2. The van der Waals surface area contributed by atoms with E-state index in [2.05, 4.69) is 18.0 Å². The van der Waals surface area contributed by atoms with Gasteiger partial charge in [-0.05, 0) is 12.1 Å². The summed E-state index contributed by atoms with van der Waals surface area (Å²) >= 11 is 3.12. The molecule has 1 heterocycles. The Morgan fingerprint density at radius 3 is 3.06 bits per heavy atom. The minimum atomic E-state index is 0.727. The van der Waals surface area contributed by atoms with Gasteiger partial charge in [0.15, 0.2) is 0 Å². The van der Waals surface area contributed by atoms with Crippen molar-refractivity contribution in [2.75, 3.05) is 11.1 Å². The van der Waals surface area contributed by atoms with Crippen molar-refractivity contribution in [3.8, 4) is 6.07 Å². The highest BCUT2D eigenvalue weighted by Crippen LogP contribution is 2.42. The molecular formula is C12H10N2S2. The van der Waals surface area contributed by atoms with Gasteiger partial charge < -0.3 is 5.32 Å². The highest BCUT2D eigenvalue weighted by atomic mass is 32.2. The van der Waals surface area contributed by atoms with Crippen molar-refractivity contribution in [1.82, 2.24) is 0 Å². The average molecular weight is 246 g/mol. The van der Waals surface area contributed by atoms with Gasteiger partial charge in [-0.15, -0.1) is 18.3 Å². The molecule has 1 aliphatic rings. The molecule has 16 heavy (non-hydrogen) atoms. The van der Waals surface area contributed by atoms with E-state index >= 15 is 0 Å². The van der Waals surface area contributed by atoms with Gasteiger partial charge in [0.1, 0.15) is 11.0 Å². The molecule has 0 spiro atoms. The molecule has 1 aromatic rings. The molecule has 2 nitrogen and oxygen atoms in total. The zero-order valence-corrected chi connectivity index (χ0v) is 10.2. The Morgan fingerprint density at radius 1 is 1.50 bits per heavy atom. The van der Waals surface area contributed by atoms with Crippen molar-refractivity contribution >= 4 is 29.2 Å². The molecule has 0 saturated carbocycles. The largest absolute Gasteiger partial charge is 0.348 e. The Kier molecular flexibility index (Phi) is 3.60. The molecule has 0 saturated heterocycles. The first kappa shape index (κ1) is 11.2. The molecule has 0 unspecified atom stereocenters. The number of hydrogen-bond acceptors (Lipinski definition) is 4. The van der Waals surface area contributed by atoms with E-state index in [9.17, 15) is 0 Å².